The minimum atomic E-state index is -0.0274. The van der Waals surface area contributed by atoms with E-state index < -0.39 is 0 Å². The maximum atomic E-state index is 6.80. The third-order valence-electron chi connectivity index (χ3n) is 5.82. The molecule has 2 heterocycles. The minimum absolute atomic E-state index is 0.0263. The number of hydrogen-bond acceptors (Lipinski definition) is 1. The Kier molecular flexibility index (Phi) is 5.99. The van der Waals surface area contributed by atoms with E-state index in [0.29, 0.717) is 10.7 Å². The van der Waals surface area contributed by atoms with Crippen molar-refractivity contribution in [3.63, 3.8) is 0 Å². The van der Waals surface area contributed by atoms with Crippen molar-refractivity contribution in [1.29, 1.82) is 0 Å². The summed E-state index contributed by atoms with van der Waals surface area (Å²) in [6, 6.07) is 0. The molecule has 2 bridgehead atoms. The van der Waals surface area contributed by atoms with Crippen molar-refractivity contribution in [2.75, 3.05) is 0 Å². The van der Waals surface area contributed by atoms with Crippen LogP contribution in [0.15, 0.2) is 23.3 Å². The summed E-state index contributed by atoms with van der Waals surface area (Å²) in [6.07, 6.45) is 13.0. The van der Waals surface area contributed by atoms with E-state index in [-0.39, 0.29) is 11.2 Å². The number of rotatable bonds is 1. The molecule has 1 fully saturated rings. The summed E-state index contributed by atoms with van der Waals surface area (Å²) in [5.41, 5.74) is 3.03. The first-order chi connectivity index (χ1) is 10.3. The number of halogens is 1. The maximum absolute atomic E-state index is 6.80. The Bertz CT molecular complexity index is 451. The van der Waals surface area contributed by atoms with Gasteiger partial charge in [0.1, 0.15) is 0 Å². The summed E-state index contributed by atoms with van der Waals surface area (Å²) in [6.45, 7) is 11.5. The molecule has 2 aliphatic rings. The van der Waals surface area contributed by atoms with Crippen LogP contribution < -0.4 is 0 Å². The lowest BCUT2D eigenvalue weighted by atomic mass is 9.83. The molecule has 126 valence electrons. The average molecular weight is 369 g/mol. The first kappa shape index (κ1) is 18.3. The van der Waals surface area contributed by atoms with Crippen LogP contribution in [0.2, 0.25) is 0 Å². The van der Waals surface area contributed by atoms with Crippen LogP contribution in [0.4, 0.5) is 0 Å². The zero-order chi connectivity index (χ0) is 16.4. The van der Waals surface area contributed by atoms with Gasteiger partial charge in [-0.1, -0.05) is 53.1 Å². The second-order valence-corrected chi connectivity index (χ2v) is 9.09. The van der Waals surface area contributed by atoms with Gasteiger partial charge < -0.3 is 4.74 Å². The van der Waals surface area contributed by atoms with Gasteiger partial charge in [-0.25, -0.2) is 0 Å². The van der Waals surface area contributed by atoms with Gasteiger partial charge in [0.2, 0.25) is 0 Å². The lowest BCUT2D eigenvalue weighted by molar-refractivity contribution is -0.116. The van der Waals surface area contributed by atoms with E-state index in [4.69, 9.17) is 4.74 Å². The molecular weight excluding hydrogens is 336 g/mol. The number of allylic oxidation sites excluding steroid dienone is 3. The molecule has 1 nitrogen and oxygen atoms in total. The van der Waals surface area contributed by atoms with E-state index in [1.54, 1.807) is 0 Å². The Morgan fingerprint density at radius 3 is 2.50 bits per heavy atom. The van der Waals surface area contributed by atoms with Gasteiger partial charge in [-0.3, -0.25) is 0 Å². The van der Waals surface area contributed by atoms with E-state index >= 15 is 0 Å². The van der Waals surface area contributed by atoms with Crippen LogP contribution in [-0.2, 0) is 4.74 Å². The largest absolute Gasteiger partial charge is 0.367 e. The van der Waals surface area contributed by atoms with Crippen molar-refractivity contribution in [1.82, 2.24) is 0 Å². The summed E-state index contributed by atoms with van der Waals surface area (Å²) < 4.78 is 6.80. The van der Waals surface area contributed by atoms with Crippen LogP contribution in [0.3, 0.4) is 0 Å². The van der Waals surface area contributed by atoms with Gasteiger partial charge in [-0.15, -0.1) is 0 Å². The Balaban J connectivity index is 2.27. The molecule has 0 N–H and O–H groups in total. The van der Waals surface area contributed by atoms with Gasteiger partial charge in [-0.05, 0) is 71.6 Å². The number of alkyl halides is 1. The predicted molar refractivity (Wildman–Crippen MR) is 99.6 cm³/mol. The first-order valence-electron chi connectivity index (χ1n) is 8.93. The lowest BCUT2D eigenvalue weighted by Crippen LogP contribution is -2.42. The molecule has 0 saturated carbocycles. The first-order valence-corrected chi connectivity index (χ1v) is 9.84. The van der Waals surface area contributed by atoms with Crippen LogP contribution in [0.25, 0.3) is 0 Å². The summed E-state index contributed by atoms with van der Waals surface area (Å²) in [4.78, 5) is 0.440. The molecule has 0 aromatic rings. The van der Waals surface area contributed by atoms with Crippen molar-refractivity contribution < 1.29 is 4.74 Å². The van der Waals surface area contributed by atoms with Crippen LogP contribution in [-0.4, -0.2) is 16.0 Å². The summed E-state index contributed by atoms with van der Waals surface area (Å²) in [7, 11) is 0. The highest BCUT2D eigenvalue weighted by molar-refractivity contribution is 9.09. The smallest absolute Gasteiger partial charge is 0.0787 e. The van der Waals surface area contributed by atoms with Crippen molar-refractivity contribution in [3.05, 3.63) is 23.3 Å². The Morgan fingerprint density at radius 2 is 1.82 bits per heavy atom. The average Bonchev–Trinajstić information content (AvgIpc) is 2.82. The third-order valence-corrected chi connectivity index (χ3v) is 7.24. The highest BCUT2D eigenvalue weighted by Crippen LogP contribution is 2.48. The zero-order valence-electron chi connectivity index (χ0n) is 15.0. The fourth-order valence-electron chi connectivity index (χ4n) is 3.79. The molecule has 0 radical (unpaired) electrons. The molecule has 0 amide bonds. The van der Waals surface area contributed by atoms with Crippen LogP contribution >= 0.6 is 15.9 Å². The van der Waals surface area contributed by atoms with Crippen LogP contribution in [0, 0.1) is 5.92 Å². The van der Waals surface area contributed by atoms with Gasteiger partial charge in [0.15, 0.2) is 0 Å². The topological polar surface area (TPSA) is 9.23 Å². The number of ether oxygens (including phenoxy) is 1. The Morgan fingerprint density at radius 1 is 1.14 bits per heavy atom. The second-order valence-electron chi connectivity index (χ2n) is 7.98. The lowest BCUT2D eigenvalue weighted by Gasteiger charge is -2.38. The minimum Gasteiger partial charge on any atom is -0.367 e. The Labute approximate surface area is 145 Å². The van der Waals surface area contributed by atoms with Crippen molar-refractivity contribution >= 4 is 15.9 Å². The molecule has 0 spiro atoms. The third kappa shape index (κ3) is 4.06. The standard InChI is InChI=1S/C20H33BrO/c1-15(2)20-12-11-17(4)8-6-7-16(3)9-10-18(21)19(5,22-20)13-14-20/h7,11,15,18H,6,8-10,12-14H2,1-5H3/b16-7-,17-11+/t18-,19-,20-/m1/s1. The molecule has 22 heavy (non-hydrogen) atoms. The second kappa shape index (κ2) is 7.21. The van der Waals surface area contributed by atoms with Crippen molar-refractivity contribution in [2.45, 2.75) is 95.6 Å². The van der Waals surface area contributed by atoms with Crippen LogP contribution in [0.1, 0.15) is 79.6 Å². The zero-order valence-corrected chi connectivity index (χ0v) is 16.6. The molecule has 2 rings (SSSR count). The molecule has 0 aromatic heterocycles. The predicted octanol–water partition coefficient (Wildman–Crippen LogP) is 6.57. The van der Waals surface area contributed by atoms with Gasteiger partial charge in [0.05, 0.1) is 11.2 Å². The molecule has 2 aliphatic heterocycles. The van der Waals surface area contributed by atoms with Crippen LogP contribution in [0.5, 0.6) is 0 Å². The summed E-state index contributed by atoms with van der Waals surface area (Å²) in [5, 5.41) is 0. The molecule has 0 aromatic carbocycles. The molecule has 0 unspecified atom stereocenters. The highest BCUT2D eigenvalue weighted by atomic mass is 79.9. The van der Waals surface area contributed by atoms with Gasteiger partial charge in [0.25, 0.3) is 0 Å². The molecule has 2 heteroatoms. The summed E-state index contributed by atoms with van der Waals surface area (Å²) >= 11 is 3.95. The fraction of sp³-hybridized carbons (Fsp3) is 0.800. The Hall–Kier alpha value is -0.0800. The van der Waals surface area contributed by atoms with E-state index in [9.17, 15) is 0 Å². The maximum Gasteiger partial charge on any atom is 0.0787 e. The molecule has 3 atom stereocenters. The van der Waals surface area contributed by atoms with Crippen molar-refractivity contribution in [3.8, 4) is 0 Å². The molecule has 0 aliphatic carbocycles. The monoisotopic (exact) mass is 368 g/mol. The highest BCUT2D eigenvalue weighted by Gasteiger charge is 2.50. The molecular formula is C20H33BrO. The van der Waals surface area contributed by atoms with E-state index in [0.717, 1.165) is 12.8 Å². The quantitative estimate of drug-likeness (QED) is 0.375. The normalized spacial score (nSPS) is 42.6. The van der Waals surface area contributed by atoms with Crippen molar-refractivity contribution in [2.24, 2.45) is 5.92 Å². The van der Waals surface area contributed by atoms with Gasteiger partial charge in [-0.2, -0.15) is 0 Å². The summed E-state index contributed by atoms with van der Waals surface area (Å²) in [5.74, 6) is 0.558. The number of hydrogen-bond donors (Lipinski definition) is 0. The van der Waals surface area contributed by atoms with E-state index in [1.807, 2.05) is 0 Å². The number of fused-ring (bicyclic) bond motifs is 2. The van der Waals surface area contributed by atoms with Gasteiger partial charge >= 0.3 is 0 Å². The van der Waals surface area contributed by atoms with Gasteiger partial charge in [0, 0.05) is 4.83 Å². The SMILES string of the molecule is C/C1=C/CC/C(C)=C/C[C@]2(C(C)C)CC[C@@](C)(O2)[C@H](Br)CC1. The molecule has 1 saturated heterocycles. The fourth-order valence-corrected chi connectivity index (χ4v) is 4.34. The van der Waals surface area contributed by atoms with E-state index in [1.165, 1.54) is 43.3 Å². The van der Waals surface area contributed by atoms with E-state index in [2.05, 4.69) is 62.7 Å².